The Morgan fingerprint density at radius 2 is 1.00 bits per heavy atom. The van der Waals surface area contributed by atoms with Crippen molar-refractivity contribution in [2.45, 2.75) is 0 Å². The average Bonchev–Trinajstić information content (AvgIpc) is 2.04. The molecule has 0 aliphatic carbocycles. The van der Waals surface area contributed by atoms with E-state index in [-0.39, 0.29) is 68.1 Å². The number of benzene rings is 1. The van der Waals surface area contributed by atoms with E-state index >= 15 is 0 Å². The molecule has 7 nitrogen and oxygen atoms in total. The van der Waals surface area contributed by atoms with Crippen molar-refractivity contribution >= 4 is 49.7 Å². The summed E-state index contributed by atoms with van der Waals surface area (Å²) in [6.45, 7) is 0. The second-order valence-electron chi connectivity index (χ2n) is 2.19. The molecule has 90 valence electrons. The molecule has 0 saturated heterocycles. The normalized spacial score (nSPS) is 7.00. The van der Waals surface area contributed by atoms with Crippen molar-refractivity contribution in [2.24, 2.45) is 0 Å². The van der Waals surface area contributed by atoms with Crippen molar-refractivity contribution in [3.8, 4) is 0 Å². The fraction of sp³-hybridized carbons (Fsp3) is 0. The maximum absolute atomic E-state index is 10.3. The number of carbonyl (C=O) groups is 2. The zero-order chi connectivity index (χ0) is 9.14. The molecule has 0 aromatic heterocycles. The van der Waals surface area contributed by atoms with Crippen LogP contribution in [0.5, 0.6) is 0 Å². The van der Waals surface area contributed by atoms with Gasteiger partial charge in [0.2, 0.25) is 0 Å². The van der Waals surface area contributed by atoms with Gasteiger partial charge < -0.3 is 29.5 Å². The summed E-state index contributed by atoms with van der Waals surface area (Å²) < 4.78 is 0. The van der Waals surface area contributed by atoms with Crippen molar-refractivity contribution in [3.05, 3.63) is 35.4 Å². The van der Waals surface area contributed by atoms with E-state index in [2.05, 4.69) is 0 Å². The second kappa shape index (κ2) is 10.8. The van der Waals surface area contributed by atoms with E-state index in [0.29, 0.717) is 0 Å². The minimum atomic E-state index is -1.06. The van der Waals surface area contributed by atoms with Gasteiger partial charge in [-0.2, -0.15) is 0 Å². The van der Waals surface area contributed by atoms with E-state index in [1.807, 2.05) is 0 Å². The third-order valence-corrected chi connectivity index (χ3v) is 1.38. The summed E-state index contributed by atoms with van der Waals surface area (Å²) >= 11 is 0. The molecule has 0 amide bonds. The van der Waals surface area contributed by atoms with Gasteiger partial charge in [-0.05, 0) is 24.3 Å². The first-order chi connectivity index (χ1) is 5.61. The minimum Gasteiger partial charge on any atom is -1.00 e. The van der Waals surface area contributed by atoms with Crippen molar-refractivity contribution in [1.82, 2.24) is 0 Å². The molecule has 0 spiro atoms. The molecule has 8 N–H and O–H groups in total. The fourth-order valence-corrected chi connectivity index (χ4v) is 0.755. The largest absolute Gasteiger partial charge is 2.00 e. The number of carboxylic acid groups (broad SMARTS) is 2. The first-order valence-electron chi connectivity index (χ1n) is 3.18. The smallest absolute Gasteiger partial charge is 1.00 e. The number of hydrogen-bond donors (Lipinski definition) is 2. The van der Waals surface area contributed by atoms with Crippen molar-refractivity contribution in [2.75, 3.05) is 0 Å². The first kappa shape index (κ1) is 24.5. The van der Waals surface area contributed by atoms with Crippen molar-refractivity contribution in [3.63, 3.8) is 0 Å². The Bertz CT molecular complexity index is 298. The average molecular weight is 262 g/mol. The molecule has 0 unspecified atom stereocenters. The molecule has 1 aromatic carbocycles. The Kier molecular flexibility index (Phi) is 16.5. The molecule has 1 rings (SSSR count). The summed E-state index contributed by atoms with van der Waals surface area (Å²) in [5, 5.41) is 16.9. The monoisotopic (exact) mass is 262 g/mol. The molecule has 0 heterocycles. The molecular formula is C8H14CaO7. The Hall–Kier alpha value is -0.700. The van der Waals surface area contributed by atoms with Gasteiger partial charge >= 0.3 is 49.7 Å². The van der Waals surface area contributed by atoms with Gasteiger partial charge in [0.05, 0.1) is 11.1 Å². The van der Waals surface area contributed by atoms with Gasteiger partial charge in [0, 0.05) is 0 Å². The summed E-state index contributed by atoms with van der Waals surface area (Å²) in [5.74, 6) is -2.13. The fourth-order valence-electron chi connectivity index (χ4n) is 0.755. The molecule has 0 aliphatic rings. The van der Waals surface area contributed by atoms with Gasteiger partial charge in [0.1, 0.15) is 0 Å². The van der Waals surface area contributed by atoms with Gasteiger partial charge in [-0.15, -0.1) is 0 Å². The van der Waals surface area contributed by atoms with Crippen LogP contribution in [0.3, 0.4) is 0 Å². The Morgan fingerprint density at radius 1 is 0.812 bits per heavy atom. The molecule has 1 aromatic rings. The van der Waals surface area contributed by atoms with Crippen LogP contribution in [-0.2, 0) is 0 Å². The van der Waals surface area contributed by atoms with Gasteiger partial charge in [-0.25, -0.2) is 9.59 Å². The number of hydrogen-bond acceptors (Lipinski definition) is 2. The SMILES string of the molecule is O.O.O.O=C(O)c1ccc(C(=O)O)cc1.[Ca+2].[H-].[H-]. The van der Waals surface area contributed by atoms with Gasteiger partial charge in [-0.3, -0.25) is 0 Å². The maximum Gasteiger partial charge on any atom is 2.00 e. The van der Waals surface area contributed by atoms with E-state index in [0.717, 1.165) is 0 Å². The van der Waals surface area contributed by atoms with Crippen molar-refractivity contribution < 1.29 is 39.1 Å². The third-order valence-electron chi connectivity index (χ3n) is 1.38. The zero-order valence-corrected chi connectivity index (χ0v) is 10.4. The number of aromatic carboxylic acids is 2. The molecule has 0 fully saturated rings. The molecule has 0 saturated carbocycles. The molecule has 0 radical (unpaired) electrons. The van der Waals surface area contributed by atoms with Crippen LogP contribution < -0.4 is 0 Å². The summed E-state index contributed by atoms with van der Waals surface area (Å²) in [5.41, 5.74) is 0.167. The summed E-state index contributed by atoms with van der Waals surface area (Å²) in [7, 11) is 0. The maximum atomic E-state index is 10.3. The van der Waals surface area contributed by atoms with Crippen LogP contribution in [0.1, 0.15) is 23.6 Å². The van der Waals surface area contributed by atoms with Gasteiger partial charge in [0.25, 0.3) is 0 Å². The van der Waals surface area contributed by atoms with E-state index in [9.17, 15) is 9.59 Å². The Labute approximate surface area is 124 Å². The van der Waals surface area contributed by atoms with Gasteiger partial charge in [-0.1, -0.05) is 0 Å². The van der Waals surface area contributed by atoms with Crippen molar-refractivity contribution in [1.29, 1.82) is 0 Å². The van der Waals surface area contributed by atoms with Gasteiger partial charge in [0.15, 0.2) is 0 Å². The first-order valence-corrected chi connectivity index (χ1v) is 3.18. The topological polar surface area (TPSA) is 169 Å². The quantitative estimate of drug-likeness (QED) is 0.615. The second-order valence-corrected chi connectivity index (χ2v) is 2.19. The minimum absolute atomic E-state index is 0. The Morgan fingerprint density at radius 3 is 1.12 bits per heavy atom. The van der Waals surface area contributed by atoms with Crippen LogP contribution in [0.2, 0.25) is 0 Å². The number of rotatable bonds is 2. The van der Waals surface area contributed by atoms with E-state index < -0.39 is 11.9 Å². The van der Waals surface area contributed by atoms with Crippen LogP contribution in [0, 0.1) is 0 Å². The van der Waals surface area contributed by atoms with Crippen LogP contribution >= 0.6 is 0 Å². The van der Waals surface area contributed by atoms with Crippen LogP contribution in [-0.4, -0.2) is 76.3 Å². The van der Waals surface area contributed by atoms with E-state index in [1.54, 1.807) is 0 Å². The summed E-state index contributed by atoms with van der Waals surface area (Å²) in [4.78, 5) is 20.7. The van der Waals surface area contributed by atoms with E-state index in [1.165, 1.54) is 24.3 Å². The van der Waals surface area contributed by atoms with Crippen LogP contribution in [0.4, 0.5) is 0 Å². The van der Waals surface area contributed by atoms with Crippen LogP contribution in [0.15, 0.2) is 24.3 Å². The molecule has 0 atom stereocenters. The molecule has 0 bridgehead atoms. The third kappa shape index (κ3) is 6.72. The predicted octanol–water partition coefficient (Wildman–Crippen LogP) is -1.55. The molecular weight excluding hydrogens is 248 g/mol. The molecule has 8 heteroatoms. The standard InChI is InChI=1S/C8H6O4.Ca.3H2O.2H/c9-7(10)5-1-2-6(4-3-5)8(11)12;;;;;;/h1-4H,(H,9,10)(H,11,12);;3*1H2;;/q;+2;;;;2*-1. The number of carboxylic acids is 2. The Balaban J connectivity index is -0.0000000600. The summed E-state index contributed by atoms with van der Waals surface area (Å²) in [6, 6.07) is 5.02. The summed E-state index contributed by atoms with van der Waals surface area (Å²) in [6.07, 6.45) is 0. The molecule has 16 heavy (non-hydrogen) atoms. The molecule has 0 aliphatic heterocycles. The van der Waals surface area contributed by atoms with E-state index in [4.69, 9.17) is 10.2 Å². The predicted molar refractivity (Wildman–Crippen MR) is 59.2 cm³/mol. The van der Waals surface area contributed by atoms with Crippen LogP contribution in [0.25, 0.3) is 0 Å². The zero-order valence-electron chi connectivity index (χ0n) is 10.2.